The molecule has 2 N–H and O–H groups in total. The highest BCUT2D eigenvalue weighted by molar-refractivity contribution is 6.02. The fourth-order valence-electron chi connectivity index (χ4n) is 7.65. The van der Waals surface area contributed by atoms with Crippen molar-refractivity contribution in [2.45, 2.75) is 90.5 Å². The van der Waals surface area contributed by atoms with E-state index < -0.39 is 29.6 Å². The topological polar surface area (TPSA) is 91.0 Å². The first-order valence-electron chi connectivity index (χ1n) is 15.6. The highest BCUT2D eigenvalue weighted by atomic mass is 16.5. The molecule has 4 aliphatic rings. The molecule has 6 unspecified atom stereocenters. The number of carbonyl (C=O) groups is 3. The first kappa shape index (κ1) is 29.8. The van der Waals surface area contributed by atoms with E-state index in [9.17, 15) is 14.4 Å². The summed E-state index contributed by atoms with van der Waals surface area (Å²) in [5.41, 5.74) is 1.68. The predicted octanol–water partition coefficient (Wildman–Crippen LogP) is 4.07. The van der Waals surface area contributed by atoms with Gasteiger partial charge >= 0.3 is 0 Å². The molecular formula is C33H48N4O4. The molecule has 2 saturated heterocycles. The zero-order valence-corrected chi connectivity index (χ0v) is 25.6. The Morgan fingerprint density at radius 3 is 2.54 bits per heavy atom. The molecule has 1 saturated carbocycles. The van der Waals surface area contributed by atoms with Gasteiger partial charge in [0, 0.05) is 24.8 Å². The molecule has 3 heterocycles. The molecule has 8 heteroatoms. The smallest absolute Gasteiger partial charge is 0.246 e. The molecule has 0 radical (unpaired) electrons. The molecule has 1 aromatic rings. The average Bonchev–Trinajstić information content (AvgIpc) is 3.55. The molecule has 0 aromatic heterocycles. The van der Waals surface area contributed by atoms with E-state index in [0.717, 1.165) is 43.4 Å². The normalized spacial score (nSPS) is 33.9. The molecule has 5 rings (SSSR count). The number of carbonyl (C=O) groups excluding carboxylic acids is 3. The number of rotatable bonds is 10. The standard InChI is InChI=1S/C33H48N4O4/c1-7-8-14-36(6)15-16-37-29(31(39)35-25-11-9-10-22(4)23(25)5)33-13-12-26(41-33)27(28(33)32(37)40)30(38)34-24-18-20(2)17-21(3)19-24/h12-13,17-19,22-23,25-29H,7-11,14-16H2,1-6H3,(H,34,38)(H,35,39)/t22?,23?,25?,26-,27?,28-,29?,33?/m0/s1. The molecule has 41 heavy (non-hydrogen) atoms. The SMILES string of the molecule is CCCCN(C)CCN1C(=O)[C@@H]2C(C(=O)Nc3cc(C)cc(C)c3)[C@@H]3C=CC2(O3)C1C(=O)NC1CCCC(C)C1C. The molecule has 2 bridgehead atoms. The minimum Gasteiger partial charge on any atom is -0.359 e. The fourth-order valence-corrected chi connectivity index (χ4v) is 7.65. The third-order valence-corrected chi connectivity index (χ3v) is 10.1. The lowest BCUT2D eigenvalue weighted by Crippen LogP contribution is -2.58. The van der Waals surface area contributed by atoms with Gasteiger partial charge in [-0.15, -0.1) is 0 Å². The van der Waals surface area contributed by atoms with E-state index in [2.05, 4.69) is 49.4 Å². The molecule has 3 fully saturated rings. The first-order chi connectivity index (χ1) is 19.6. The van der Waals surface area contributed by atoms with Crippen molar-refractivity contribution < 1.29 is 19.1 Å². The van der Waals surface area contributed by atoms with Gasteiger partial charge in [0.15, 0.2) is 0 Å². The number of likely N-dealkylation sites (tertiary alicyclic amines) is 1. The lowest BCUT2D eigenvalue weighted by molar-refractivity contribution is -0.141. The molecule has 3 amide bonds. The van der Waals surface area contributed by atoms with Gasteiger partial charge in [0.05, 0.1) is 17.9 Å². The quantitative estimate of drug-likeness (QED) is 0.418. The lowest BCUT2D eigenvalue weighted by atomic mass is 9.73. The predicted molar refractivity (Wildman–Crippen MR) is 160 cm³/mol. The molecular weight excluding hydrogens is 516 g/mol. The fraction of sp³-hybridized carbons (Fsp3) is 0.667. The Kier molecular flexibility index (Phi) is 8.63. The highest BCUT2D eigenvalue weighted by Crippen LogP contribution is 2.55. The van der Waals surface area contributed by atoms with E-state index in [-0.39, 0.29) is 23.8 Å². The molecule has 224 valence electrons. The van der Waals surface area contributed by atoms with E-state index in [4.69, 9.17) is 4.74 Å². The van der Waals surface area contributed by atoms with Crippen molar-refractivity contribution in [1.82, 2.24) is 15.1 Å². The van der Waals surface area contributed by atoms with Crippen LogP contribution in [-0.2, 0) is 19.1 Å². The van der Waals surface area contributed by atoms with E-state index in [1.807, 2.05) is 38.1 Å². The number of benzene rings is 1. The van der Waals surface area contributed by atoms with Gasteiger partial charge in [-0.1, -0.05) is 58.3 Å². The van der Waals surface area contributed by atoms with Gasteiger partial charge < -0.3 is 25.2 Å². The lowest BCUT2D eigenvalue weighted by Gasteiger charge is -2.38. The summed E-state index contributed by atoms with van der Waals surface area (Å²) in [6.07, 6.45) is 8.62. The van der Waals surface area contributed by atoms with Crippen molar-refractivity contribution in [2.24, 2.45) is 23.7 Å². The zero-order valence-electron chi connectivity index (χ0n) is 25.6. The summed E-state index contributed by atoms with van der Waals surface area (Å²) in [4.78, 5) is 46.1. The Labute approximate surface area is 245 Å². The van der Waals surface area contributed by atoms with Crippen LogP contribution in [0.25, 0.3) is 0 Å². The third kappa shape index (κ3) is 5.57. The minimum atomic E-state index is -1.14. The minimum absolute atomic E-state index is 0.0668. The second-order valence-corrected chi connectivity index (χ2v) is 13.1. The van der Waals surface area contributed by atoms with Gasteiger partial charge in [-0.05, 0) is 75.4 Å². The van der Waals surface area contributed by atoms with Crippen LogP contribution in [0.4, 0.5) is 5.69 Å². The van der Waals surface area contributed by atoms with Crippen LogP contribution in [0.3, 0.4) is 0 Å². The van der Waals surface area contributed by atoms with E-state index in [0.29, 0.717) is 30.6 Å². The molecule has 8 atom stereocenters. The van der Waals surface area contributed by atoms with E-state index in [1.165, 1.54) is 6.42 Å². The van der Waals surface area contributed by atoms with Crippen LogP contribution in [0.1, 0.15) is 64.0 Å². The van der Waals surface area contributed by atoms with Gasteiger partial charge in [0.25, 0.3) is 0 Å². The molecule has 8 nitrogen and oxygen atoms in total. The van der Waals surface area contributed by atoms with E-state index in [1.54, 1.807) is 4.90 Å². The van der Waals surface area contributed by atoms with Crippen molar-refractivity contribution in [3.8, 4) is 0 Å². The number of unbranched alkanes of at least 4 members (excludes halogenated alkanes) is 1. The Hall–Kier alpha value is -2.71. The highest BCUT2D eigenvalue weighted by Gasteiger charge is 2.72. The molecule has 1 spiro atoms. The van der Waals surface area contributed by atoms with Crippen LogP contribution in [0, 0.1) is 37.5 Å². The number of hydrogen-bond acceptors (Lipinski definition) is 5. The number of nitrogens with one attached hydrogen (secondary N) is 2. The van der Waals surface area contributed by atoms with Crippen LogP contribution in [0.15, 0.2) is 30.4 Å². The number of fused-ring (bicyclic) bond motifs is 1. The maximum absolute atomic E-state index is 14.2. The average molecular weight is 565 g/mol. The Morgan fingerprint density at radius 2 is 1.83 bits per heavy atom. The monoisotopic (exact) mass is 564 g/mol. The number of nitrogens with zero attached hydrogens (tertiary/aromatic N) is 2. The number of ether oxygens (including phenoxy) is 1. The van der Waals surface area contributed by atoms with Crippen molar-refractivity contribution >= 4 is 23.4 Å². The Bertz CT molecular complexity index is 1180. The maximum Gasteiger partial charge on any atom is 0.246 e. The number of aryl methyl sites for hydroxylation is 2. The second-order valence-electron chi connectivity index (χ2n) is 13.1. The maximum atomic E-state index is 14.2. The van der Waals surface area contributed by atoms with Crippen molar-refractivity contribution in [1.29, 1.82) is 0 Å². The van der Waals surface area contributed by atoms with Crippen LogP contribution in [-0.4, -0.2) is 78.0 Å². The molecule has 1 aliphatic carbocycles. The molecule has 3 aliphatic heterocycles. The summed E-state index contributed by atoms with van der Waals surface area (Å²) in [6, 6.07) is 5.19. The largest absolute Gasteiger partial charge is 0.359 e. The Balaban J connectivity index is 1.42. The summed E-state index contributed by atoms with van der Waals surface area (Å²) >= 11 is 0. The van der Waals surface area contributed by atoms with Crippen molar-refractivity contribution in [2.75, 3.05) is 32.0 Å². The van der Waals surface area contributed by atoms with Gasteiger partial charge in [-0.25, -0.2) is 0 Å². The summed E-state index contributed by atoms with van der Waals surface area (Å²) in [5.74, 6) is -1.09. The summed E-state index contributed by atoms with van der Waals surface area (Å²) in [6.45, 7) is 12.6. The summed E-state index contributed by atoms with van der Waals surface area (Å²) < 4.78 is 6.54. The number of amides is 3. The van der Waals surface area contributed by atoms with Gasteiger partial charge in [-0.3, -0.25) is 14.4 Å². The van der Waals surface area contributed by atoms with Crippen LogP contribution in [0.2, 0.25) is 0 Å². The number of hydrogen-bond donors (Lipinski definition) is 2. The van der Waals surface area contributed by atoms with Gasteiger partial charge in [-0.2, -0.15) is 0 Å². The van der Waals surface area contributed by atoms with Crippen LogP contribution >= 0.6 is 0 Å². The summed E-state index contributed by atoms with van der Waals surface area (Å²) in [5, 5.41) is 6.40. The number of anilines is 1. The second kappa shape index (κ2) is 11.9. The zero-order chi connectivity index (χ0) is 29.5. The van der Waals surface area contributed by atoms with Crippen molar-refractivity contribution in [3.05, 3.63) is 41.5 Å². The third-order valence-electron chi connectivity index (χ3n) is 10.1. The van der Waals surface area contributed by atoms with E-state index >= 15 is 0 Å². The van der Waals surface area contributed by atoms with Gasteiger partial charge in [0.2, 0.25) is 17.7 Å². The van der Waals surface area contributed by atoms with Crippen LogP contribution < -0.4 is 10.6 Å². The summed E-state index contributed by atoms with van der Waals surface area (Å²) in [7, 11) is 2.05. The first-order valence-corrected chi connectivity index (χ1v) is 15.6. The van der Waals surface area contributed by atoms with Crippen LogP contribution in [0.5, 0.6) is 0 Å². The number of likely N-dealkylation sites (N-methyl/N-ethyl adjacent to an activating group) is 1. The van der Waals surface area contributed by atoms with Crippen molar-refractivity contribution in [3.63, 3.8) is 0 Å². The van der Waals surface area contributed by atoms with Gasteiger partial charge in [0.1, 0.15) is 11.6 Å². The molecule has 1 aromatic carbocycles. The Morgan fingerprint density at radius 1 is 1.10 bits per heavy atom.